The minimum atomic E-state index is -0.370. The van der Waals surface area contributed by atoms with Gasteiger partial charge in [0.25, 0.3) is 11.8 Å². The normalized spacial score (nSPS) is 10.7. The molecule has 0 aliphatic rings. The summed E-state index contributed by atoms with van der Waals surface area (Å²) in [5.41, 5.74) is 6.95. The first-order valence-electron chi connectivity index (χ1n) is 9.19. The van der Waals surface area contributed by atoms with Crippen molar-refractivity contribution in [1.29, 1.82) is 0 Å². The molecule has 8 nitrogen and oxygen atoms in total. The van der Waals surface area contributed by atoms with E-state index >= 15 is 0 Å². The lowest BCUT2D eigenvalue weighted by molar-refractivity contribution is 0.0950. The first-order chi connectivity index (χ1) is 14.4. The Morgan fingerprint density at radius 1 is 1.27 bits per heavy atom. The number of thiophene rings is 1. The van der Waals surface area contributed by atoms with Gasteiger partial charge in [-0.05, 0) is 53.2 Å². The summed E-state index contributed by atoms with van der Waals surface area (Å²) in [7, 11) is 3.29. The zero-order chi connectivity index (χ0) is 21.7. The highest BCUT2D eigenvalue weighted by Gasteiger charge is 2.17. The van der Waals surface area contributed by atoms with Crippen molar-refractivity contribution in [3.8, 4) is 16.3 Å². The number of amides is 2. The van der Waals surface area contributed by atoms with Gasteiger partial charge in [0, 0.05) is 35.1 Å². The highest BCUT2D eigenvalue weighted by atomic mass is 79.9. The van der Waals surface area contributed by atoms with Gasteiger partial charge in [0.15, 0.2) is 5.82 Å². The van der Waals surface area contributed by atoms with Crippen LogP contribution in [0.25, 0.3) is 10.6 Å². The van der Waals surface area contributed by atoms with E-state index in [2.05, 4.69) is 31.7 Å². The van der Waals surface area contributed by atoms with Gasteiger partial charge in [0.05, 0.1) is 23.2 Å². The Morgan fingerprint density at radius 3 is 2.73 bits per heavy atom. The summed E-state index contributed by atoms with van der Waals surface area (Å²) >= 11 is 5.02. The summed E-state index contributed by atoms with van der Waals surface area (Å²) in [5, 5.41) is 11.9. The molecule has 3 rings (SSSR count). The standard InChI is InChI=1S/C20H22BrN5O3S/c1-26-15(17-9-13(21)11-30-17)10-18(25-26)24-19(27)12-4-5-16(29-2)14(8-12)20(28)23-7-3-6-22/h4-5,8-11H,3,6-7,22H2,1-2H3,(H,23,28)(H,24,25,27). The van der Waals surface area contributed by atoms with Gasteiger partial charge in [0.1, 0.15) is 5.75 Å². The zero-order valence-electron chi connectivity index (χ0n) is 16.6. The lowest BCUT2D eigenvalue weighted by atomic mass is 10.1. The van der Waals surface area contributed by atoms with E-state index in [4.69, 9.17) is 10.5 Å². The predicted octanol–water partition coefficient (Wildman–Crippen LogP) is 3.25. The average molecular weight is 492 g/mol. The van der Waals surface area contributed by atoms with Crippen LogP contribution >= 0.6 is 27.3 Å². The fraction of sp³-hybridized carbons (Fsp3) is 0.250. The summed E-state index contributed by atoms with van der Waals surface area (Å²) in [6.45, 7) is 0.929. The SMILES string of the molecule is COc1ccc(C(=O)Nc2cc(-c3cc(Br)cs3)n(C)n2)cc1C(=O)NCCCN. The molecular weight excluding hydrogens is 470 g/mol. The second kappa shape index (κ2) is 9.88. The van der Waals surface area contributed by atoms with Crippen LogP contribution in [0.3, 0.4) is 0 Å². The number of carbonyl (C=O) groups is 2. The average Bonchev–Trinajstić information content (AvgIpc) is 3.32. The Bertz CT molecular complexity index is 1060. The Balaban J connectivity index is 1.78. The second-order valence-electron chi connectivity index (χ2n) is 6.43. The third-order valence-electron chi connectivity index (χ3n) is 4.31. The number of aryl methyl sites for hydroxylation is 1. The molecule has 2 heterocycles. The minimum Gasteiger partial charge on any atom is -0.496 e. The van der Waals surface area contributed by atoms with Crippen LogP contribution in [0.4, 0.5) is 5.82 Å². The number of benzene rings is 1. The first-order valence-corrected chi connectivity index (χ1v) is 10.9. The van der Waals surface area contributed by atoms with Crippen LogP contribution in [-0.4, -0.2) is 41.8 Å². The van der Waals surface area contributed by atoms with Crippen LogP contribution in [0, 0.1) is 0 Å². The van der Waals surface area contributed by atoms with E-state index in [-0.39, 0.29) is 17.4 Å². The Hall–Kier alpha value is -2.69. The van der Waals surface area contributed by atoms with Crippen molar-refractivity contribution in [1.82, 2.24) is 15.1 Å². The number of nitrogens with one attached hydrogen (secondary N) is 2. The van der Waals surface area contributed by atoms with Crippen LogP contribution < -0.4 is 21.1 Å². The number of ether oxygens (including phenoxy) is 1. The largest absolute Gasteiger partial charge is 0.496 e. The quantitative estimate of drug-likeness (QED) is 0.418. The number of rotatable bonds is 8. The Kier molecular flexibility index (Phi) is 7.24. The van der Waals surface area contributed by atoms with E-state index < -0.39 is 0 Å². The molecule has 0 radical (unpaired) electrons. The summed E-state index contributed by atoms with van der Waals surface area (Å²) in [4.78, 5) is 26.2. The van der Waals surface area contributed by atoms with Gasteiger partial charge < -0.3 is 21.1 Å². The fourth-order valence-electron chi connectivity index (χ4n) is 2.82. The van der Waals surface area contributed by atoms with Gasteiger partial charge in [-0.2, -0.15) is 5.10 Å². The van der Waals surface area contributed by atoms with E-state index in [0.29, 0.717) is 36.6 Å². The third-order valence-corrected chi connectivity index (χ3v) is 6.03. The monoisotopic (exact) mass is 491 g/mol. The van der Waals surface area contributed by atoms with Gasteiger partial charge in [-0.3, -0.25) is 14.3 Å². The summed E-state index contributed by atoms with van der Waals surface area (Å²) in [6.07, 6.45) is 0.664. The Morgan fingerprint density at radius 2 is 2.07 bits per heavy atom. The molecule has 0 unspecified atom stereocenters. The molecule has 0 saturated carbocycles. The molecule has 3 aromatic rings. The molecule has 0 fully saturated rings. The van der Waals surface area contributed by atoms with Crippen molar-refractivity contribution in [2.45, 2.75) is 6.42 Å². The number of anilines is 1. The number of hydrogen-bond acceptors (Lipinski definition) is 6. The van der Waals surface area contributed by atoms with Crippen LogP contribution in [0.1, 0.15) is 27.1 Å². The van der Waals surface area contributed by atoms with Crippen molar-refractivity contribution in [2.24, 2.45) is 12.8 Å². The van der Waals surface area contributed by atoms with Gasteiger partial charge in [-0.1, -0.05) is 0 Å². The maximum Gasteiger partial charge on any atom is 0.256 e. The van der Waals surface area contributed by atoms with Crippen molar-refractivity contribution in [3.63, 3.8) is 0 Å². The number of methoxy groups -OCH3 is 1. The number of hydrogen-bond donors (Lipinski definition) is 3. The molecule has 158 valence electrons. The molecular formula is C20H22BrN5O3S. The predicted molar refractivity (Wildman–Crippen MR) is 121 cm³/mol. The van der Waals surface area contributed by atoms with Gasteiger partial charge in [0.2, 0.25) is 0 Å². The number of aromatic nitrogens is 2. The molecule has 2 aromatic heterocycles. The number of nitrogens with zero attached hydrogens (tertiary/aromatic N) is 2. The lowest BCUT2D eigenvalue weighted by Gasteiger charge is -2.11. The number of nitrogens with two attached hydrogens (primary N) is 1. The molecule has 0 aliphatic heterocycles. The highest BCUT2D eigenvalue weighted by Crippen LogP contribution is 2.31. The molecule has 0 bridgehead atoms. The van der Waals surface area contributed by atoms with E-state index in [1.165, 1.54) is 13.2 Å². The van der Waals surface area contributed by atoms with E-state index in [1.807, 2.05) is 18.5 Å². The fourth-order valence-corrected chi connectivity index (χ4v) is 4.30. The topological polar surface area (TPSA) is 111 Å². The Labute approximate surface area is 186 Å². The number of halogens is 1. The molecule has 30 heavy (non-hydrogen) atoms. The number of carbonyl (C=O) groups excluding carboxylic acids is 2. The van der Waals surface area contributed by atoms with E-state index in [9.17, 15) is 9.59 Å². The maximum absolute atomic E-state index is 12.8. The first kappa shape index (κ1) is 22.0. The molecule has 0 atom stereocenters. The van der Waals surface area contributed by atoms with Crippen LogP contribution in [0.5, 0.6) is 5.75 Å². The lowest BCUT2D eigenvalue weighted by Crippen LogP contribution is -2.26. The molecule has 2 amide bonds. The summed E-state index contributed by atoms with van der Waals surface area (Å²) in [6, 6.07) is 8.50. The smallest absolute Gasteiger partial charge is 0.256 e. The second-order valence-corrected chi connectivity index (χ2v) is 8.26. The van der Waals surface area contributed by atoms with Crippen LogP contribution in [0.2, 0.25) is 0 Å². The summed E-state index contributed by atoms with van der Waals surface area (Å²) < 4.78 is 7.96. The minimum absolute atomic E-state index is 0.285. The van der Waals surface area contributed by atoms with Gasteiger partial charge >= 0.3 is 0 Å². The van der Waals surface area contributed by atoms with E-state index in [0.717, 1.165) is 15.0 Å². The zero-order valence-corrected chi connectivity index (χ0v) is 19.0. The molecule has 4 N–H and O–H groups in total. The molecule has 0 aliphatic carbocycles. The molecule has 0 saturated heterocycles. The van der Waals surface area contributed by atoms with Crippen molar-refractivity contribution in [3.05, 3.63) is 51.3 Å². The molecule has 10 heteroatoms. The summed E-state index contributed by atoms with van der Waals surface area (Å²) in [5.74, 6) is 0.121. The molecule has 0 spiro atoms. The van der Waals surface area contributed by atoms with Crippen molar-refractivity contribution in [2.75, 3.05) is 25.5 Å². The van der Waals surface area contributed by atoms with Gasteiger partial charge in [-0.15, -0.1) is 11.3 Å². The van der Waals surface area contributed by atoms with Crippen LogP contribution in [0.15, 0.2) is 40.2 Å². The third kappa shape index (κ3) is 5.07. The van der Waals surface area contributed by atoms with Crippen LogP contribution in [-0.2, 0) is 7.05 Å². The maximum atomic E-state index is 12.8. The molecule has 1 aromatic carbocycles. The van der Waals surface area contributed by atoms with E-state index in [1.54, 1.807) is 34.2 Å². The van der Waals surface area contributed by atoms with Crippen molar-refractivity contribution < 1.29 is 14.3 Å². The van der Waals surface area contributed by atoms with Gasteiger partial charge in [-0.25, -0.2) is 0 Å². The highest BCUT2D eigenvalue weighted by molar-refractivity contribution is 9.10. The van der Waals surface area contributed by atoms with Crippen molar-refractivity contribution >= 4 is 44.9 Å².